The molecule has 0 unspecified atom stereocenters. The minimum absolute atomic E-state index is 0.100. The van der Waals surface area contributed by atoms with Gasteiger partial charge in [-0.1, -0.05) is 30.3 Å². The van der Waals surface area contributed by atoms with Crippen molar-refractivity contribution in [1.29, 1.82) is 0 Å². The predicted octanol–water partition coefficient (Wildman–Crippen LogP) is 2.99. The minimum Gasteiger partial charge on any atom is -0.372 e. The maximum atomic E-state index is 12.4. The van der Waals surface area contributed by atoms with Gasteiger partial charge in [-0.2, -0.15) is 0 Å². The Kier molecular flexibility index (Phi) is 4.55. The van der Waals surface area contributed by atoms with Gasteiger partial charge in [-0.3, -0.25) is 4.79 Å². The summed E-state index contributed by atoms with van der Waals surface area (Å²) < 4.78 is 5.67. The van der Waals surface area contributed by atoms with Gasteiger partial charge < -0.3 is 9.64 Å². The molecule has 1 saturated heterocycles. The van der Waals surface area contributed by atoms with Gasteiger partial charge in [0.2, 0.25) is 5.91 Å². The van der Waals surface area contributed by atoms with E-state index < -0.39 is 0 Å². The first-order valence-corrected chi connectivity index (χ1v) is 8.43. The van der Waals surface area contributed by atoms with Crippen LogP contribution in [0.5, 0.6) is 0 Å². The molecule has 0 N–H and O–H groups in total. The van der Waals surface area contributed by atoms with Crippen LogP contribution >= 0.6 is 11.3 Å². The highest BCUT2D eigenvalue weighted by Crippen LogP contribution is 2.24. The highest BCUT2D eigenvalue weighted by atomic mass is 32.1. The van der Waals surface area contributed by atoms with E-state index in [-0.39, 0.29) is 18.1 Å². The van der Waals surface area contributed by atoms with E-state index in [1.165, 1.54) is 0 Å². The standard InChI is InChI=1S/C17H20N2O2S/c1-12-9-19(10-13(2)21-12)16(20)8-15-11-22-17(18-15)14-6-4-3-5-7-14/h3-7,11-13H,8-10H2,1-2H3/t12-,13-/m0/s1. The van der Waals surface area contributed by atoms with E-state index in [0.29, 0.717) is 19.5 Å². The lowest BCUT2D eigenvalue weighted by atomic mass is 10.2. The fourth-order valence-electron chi connectivity index (χ4n) is 2.75. The Morgan fingerprint density at radius 3 is 2.64 bits per heavy atom. The molecule has 3 rings (SSSR count). The van der Waals surface area contributed by atoms with Crippen molar-refractivity contribution in [3.63, 3.8) is 0 Å². The first-order chi connectivity index (χ1) is 10.6. The number of hydrogen-bond acceptors (Lipinski definition) is 4. The molecule has 0 saturated carbocycles. The monoisotopic (exact) mass is 316 g/mol. The summed E-state index contributed by atoms with van der Waals surface area (Å²) >= 11 is 1.59. The number of hydrogen-bond donors (Lipinski definition) is 0. The molecule has 22 heavy (non-hydrogen) atoms. The predicted molar refractivity (Wildman–Crippen MR) is 87.8 cm³/mol. The molecule has 4 nitrogen and oxygen atoms in total. The van der Waals surface area contributed by atoms with Gasteiger partial charge in [-0.25, -0.2) is 4.98 Å². The number of rotatable bonds is 3. The van der Waals surface area contributed by atoms with E-state index >= 15 is 0 Å². The summed E-state index contributed by atoms with van der Waals surface area (Å²) in [5.74, 6) is 0.131. The second-order valence-electron chi connectivity index (χ2n) is 5.74. The highest BCUT2D eigenvalue weighted by molar-refractivity contribution is 7.13. The number of thiazole rings is 1. The zero-order valence-electron chi connectivity index (χ0n) is 12.9. The quantitative estimate of drug-likeness (QED) is 0.874. The van der Waals surface area contributed by atoms with Crippen molar-refractivity contribution in [1.82, 2.24) is 9.88 Å². The molecular formula is C17H20N2O2S. The summed E-state index contributed by atoms with van der Waals surface area (Å²) in [6, 6.07) is 10.1. The van der Waals surface area contributed by atoms with E-state index in [4.69, 9.17) is 4.74 Å². The molecule has 0 spiro atoms. The van der Waals surface area contributed by atoms with Gasteiger partial charge >= 0.3 is 0 Å². The summed E-state index contributed by atoms with van der Waals surface area (Å²) in [5, 5.41) is 2.94. The number of morpholine rings is 1. The van der Waals surface area contributed by atoms with E-state index in [2.05, 4.69) is 4.98 Å². The topological polar surface area (TPSA) is 42.4 Å². The van der Waals surface area contributed by atoms with Crippen LogP contribution in [0.1, 0.15) is 19.5 Å². The van der Waals surface area contributed by atoms with Crippen LogP contribution in [0.2, 0.25) is 0 Å². The van der Waals surface area contributed by atoms with Crippen LogP contribution in [0.3, 0.4) is 0 Å². The van der Waals surface area contributed by atoms with Crippen LogP contribution in [0.15, 0.2) is 35.7 Å². The molecule has 1 amide bonds. The van der Waals surface area contributed by atoms with Gasteiger partial charge in [-0.15, -0.1) is 11.3 Å². The summed E-state index contributed by atoms with van der Waals surface area (Å²) in [5.41, 5.74) is 1.94. The second kappa shape index (κ2) is 6.58. The third-order valence-electron chi connectivity index (χ3n) is 3.68. The molecule has 2 heterocycles. The lowest BCUT2D eigenvalue weighted by molar-refractivity contribution is -0.142. The van der Waals surface area contributed by atoms with Crippen molar-refractivity contribution < 1.29 is 9.53 Å². The van der Waals surface area contributed by atoms with Crippen LogP contribution in [0, 0.1) is 0 Å². The number of amides is 1. The molecule has 1 fully saturated rings. The van der Waals surface area contributed by atoms with E-state index in [9.17, 15) is 4.79 Å². The maximum absolute atomic E-state index is 12.4. The summed E-state index contributed by atoms with van der Waals surface area (Å²) in [7, 11) is 0. The van der Waals surface area contributed by atoms with Crippen LogP contribution in [-0.4, -0.2) is 41.1 Å². The number of aromatic nitrogens is 1. The Balaban J connectivity index is 1.66. The van der Waals surface area contributed by atoms with Gasteiger partial charge in [0.1, 0.15) is 5.01 Å². The first-order valence-electron chi connectivity index (χ1n) is 7.55. The number of ether oxygens (including phenoxy) is 1. The minimum atomic E-state index is 0.100. The highest BCUT2D eigenvalue weighted by Gasteiger charge is 2.26. The van der Waals surface area contributed by atoms with Crippen molar-refractivity contribution in [3.8, 4) is 10.6 Å². The number of benzene rings is 1. The smallest absolute Gasteiger partial charge is 0.228 e. The molecule has 0 radical (unpaired) electrons. The lowest BCUT2D eigenvalue weighted by Gasteiger charge is -2.35. The fourth-order valence-corrected chi connectivity index (χ4v) is 3.58. The Bertz CT molecular complexity index is 631. The molecule has 1 aliphatic heterocycles. The maximum Gasteiger partial charge on any atom is 0.228 e. The SMILES string of the molecule is C[C@H]1CN(C(=O)Cc2csc(-c3ccccc3)n2)C[C@H](C)O1. The Morgan fingerprint density at radius 2 is 1.95 bits per heavy atom. The molecule has 1 aliphatic rings. The average Bonchev–Trinajstić information content (AvgIpc) is 2.95. The summed E-state index contributed by atoms with van der Waals surface area (Å²) in [6.45, 7) is 5.34. The Morgan fingerprint density at radius 1 is 1.27 bits per heavy atom. The number of nitrogens with zero attached hydrogens (tertiary/aromatic N) is 2. The van der Waals surface area contributed by atoms with Crippen molar-refractivity contribution in [2.75, 3.05) is 13.1 Å². The van der Waals surface area contributed by atoms with Crippen LogP contribution in [-0.2, 0) is 16.0 Å². The Labute approximate surface area is 134 Å². The van der Waals surface area contributed by atoms with Gasteiger partial charge in [0.05, 0.1) is 24.3 Å². The van der Waals surface area contributed by atoms with Crippen LogP contribution in [0.4, 0.5) is 0 Å². The van der Waals surface area contributed by atoms with Crippen molar-refractivity contribution in [2.24, 2.45) is 0 Å². The molecule has 5 heteroatoms. The molecule has 1 aromatic carbocycles. The van der Waals surface area contributed by atoms with E-state index in [0.717, 1.165) is 16.3 Å². The van der Waals surface area contributed by atoms with Crippen molar-refractivity contribution in [3.05, 3.63) is 41.4 Å². The summed E-state index contributed by atoms with van der Waals surface area (Å²) in [6.07, 6.45) is 0.564. The van der Waals surface area contributed by atoms with E-state index in [1.54, 1.807) is 11.3 Å². The van der Waals surface area contributed by atoms with Gasteiger partial charge in [0.15, 0.2) is 0 Å². The van der Waals surface area contributed by atoms with Gasteiger partial charge in [0, 0.05) is 24.0 Å². The molecule has 0 bridgehead atoms. The number of carbonyl (C=O) groups excluding carboxylic acids is 1. The van der Waals surface area contributed by atoms with Gasteiger partial charge in [-0.05, 0) is 13.8 Å². The molecule has 2 atom stereocenters. The largest absolute Gasteiger partial charge is 0.372 e. The zero-order valence-corrected chi connectivity index (χ0v) is 13.7. The van der Waals surface area contributed by atoms with Crippen molar-refractivity contribution in [2.45, 2.75) is 32.5 Å². The normalized spacial score (nSPS) is 21.8. The Hall–Kier alpha value is -1.72. The third-order valence-corrected chi connectivity index (χ3v) is 4.62. The zero-order chi connectivity index (χ0) is 15.5. The van der Waals surface area contributed by atoms with E-state index in [1.807, 2.05) is 54.5 Å². The molecule has 2 aromatic rings. The molecule has 0 aliphatic carbocycles. The first kappa shape index (κ1) is 15.2. The fraction of sp³-hybridized carbons (Fsp3) is 0.412. The molecule has 116 valence electrons. The van der Waals surface area contributed by atoms with Crippen molar-refractivity contribution >= 4 is 17.2 Å². The van der Waals surface area contributed by atoms with Gasteiger partial charge in [0.25, 0.3) is 0 Å². The number of carbonyl (C=O) groups is 1. The molecule has 1 aromatic heterocycles. The lowest BCUT2D eigenvalue weighted by Crippen LogP contribution is -2.48. The second-order valence-corrected chi connectivity index (χ2v) is 6.60. The van der Waals surface area contributed by atoms with Crippen LogP contribution in [0.25, 0.3) is 10.6 Å². The molecular weight excluding hydrogens is 296 g/mol. The summed E-state index contributed by atoms with van der Waals surface area (Å²) in [4.78, 5) is 18.9. The average molecular weight is 316 g/mol. The van der Waals surface area contributed by atoms with Crippen LogP contribution < -0.4 is 0 Å². The third kappa shape index (κ3) is 3.54.